The van der Waals surface area contributed by atoms with Crippen LogP contribution in [0.25, 0.3) is 0 Å². The quantitative estimate of drug-likeness (QED) is 0.824. The fourth-order valence-corrected chi connectivity index (χ4v) is 5.74. The highest BCUT2D eigenvalue weighted by Gasteiger charge is 2.42. The van der Waals surface area contributed by atoms with Gasteiger partial charge in [0.2, 0.25) is 0 Å². The number of rotatable bonds is 4. The van der Waals surface area contributed by atoms with Crippen molar-refractivity contribution in [1.29, 1.82) is 0 Å². The van der Waals surface area contributed by atoms with Gasteiger partial charge < -0.3 is 10.6 Å². The Labute approximate surface area is 172 Å². The molecule has 3 unspecified atom stereocenters. The fourth-order valence-electron chi connectivity index (χ4n) is 4.38. The molecule has 2 aliphatic rings. The molecule has 2 N–H and O–H groups in total. The maximum Gasteiger partial charge on any atom is 0.253 e. The SMILES string of the molecule is Cl.NC1CCC2CN(C(=O)c3cccc(CS(=O)(=O)c4ccccc4)c3)CC12. The molecular formula is C21H25ClN2O3S. The minimum absolute atomic E-state index is 0. The highest BCUT2D eigenvalue weighted by atomic mass is 35.5. The third kappa shape index (κ3) is 4.09. The minimum atomic E-state index is -3.44. The lowest BCUT2D eigenvalue weighted by Crippen LogP contribution is -2.33. The molecule has 7 heteroatoms. The Balaban J connectivity index is 0.00000225. The lowest BCUT2D eigenvalue weighted by molar-refractivity contribution is 0.0779. The second-order valence-corrected chi connectivity index (χ2v) is 9.64. The van der Waals surface area contributed by atoms with Crippen molar-refractivity contribution in [1.82, 2.24) is 4.90 Å². The van der Waals surface area contributed by atoms with Gasteiger partial charge in [-0.25, -0.2) is 8.42 Å². The molecule has 0 radical (unpaired) electrons. The molecule has 0 spiro atoms. The summed E-state index contributed by atoms with van der Waals surface area (Å²) >= 11 is 0. The number of fused-ring (bicyclic) bond motifs is 1. The average Bonchev–Trinajstić information content (AvgIpc) is 3.24. The Morgan fingerprint density at radius 2 is 1.79 bits per heavy atom. The molecule has 4 rings (SSSR count). The van der Waals surface area contributed by atoms with Crippen molar-refractivity contribution in [3.8, 4) is 0 Å². The first kappa shape index (κ1) is 20.8. The number of nitrogens with zero attached hydrogens (tertiary/aromatic N) is 1. The maximum absolute atomic E-state index is 12.9. The zero-order valence-corrected chi connectivity index (χ0v) is 17.2. The van der Waals surface area contributed by atoms with Crippen molar-refractivity contribution in [2.75, 3.05) is 13.1 Å². The number of carbonyl (C=O) groups is 1. The van der Waals surface area contributed by atoms with Crippen LogP contribution in [-0.2, 0) is 15.6 Å². The lowest BCUT2D eigenvalue weighted by Gasteiger charge is -2.19. The van der Waals surface area contributed by atoms with E-state index in [9.17, 15) is 13.2 Å². The number of hydrogen-bond acceptors (Lipinski definition) is 4. The summed E-state index contributed by atoms with van der Waals surface area (Å²) in [6, 6.07) is 15.6. The van der Waals surface area contributed by atoms with Crippen molar-refractivity contribution in [3.05, 3.63) is 65.7 Å². The molecule has 1 saturated carbocycles. The van der Waals surface area contributed by atoms with Crippen molar-refractivity contribution < 1.29 is 13.2 Å². The van der Waals surface area contributed by atoms with Gasteiger partial charge in [0, 0.05) is 24.7 Å². The largest absolute Gasteiger partial charge is 0.338 e. The van der Waals surface area contributed by atoms with Gasteiger partial charge in [-0.1, -0.05) is 30.3 Å². The Hall–Kier alpha value is -1.89. The molecule has 3 atom stereocenters. The molecule has 1 aliphatic heterocycles. The lowest BCUT2D eigenvalue weighted by atomic mass is 9.98. The zero-order valence-electron chi connectivity index (χ0n) is 15.5. The molecule has 2 fully saturated rings. The van der Waals surface area contributed by atoms with Gasteiger partial charge in [0.25, 0.3) is 5.91 Å². The van der Waals surface area contributed by atoms with Gasteiger partial charge in [0.1, 0.15) is 0 Å². The van der Waals surface area contributed by atoms with Crippen LogP contribution in [0.5, 0.6) is 0 Å². The summed E-state index contributed by atoms with van der Waals surface area (Å²) < 4.78 is 25.2. The number of halogens is 1. The summed E-state index contributed by atoms with van der Waals surface area (Å²) in [7, 11) is -3.44. The summed E-state index contributed by atoms with van der Waals surface area (Å²) in [6.45, 7) is 1.46. The zero-order chi connectivity index (χ0) is 19.0. The van der Waals surface area contributed by atoms with Crippen LogP contribution in [-0.4, -0.2) is 38.4 Å². The average molecular weight is 421 g/mol. The first-order valence-corrected chi connectivity index (χ1v) is 11.0. The van der Waals surface area contributed by atoms with E-state index in [0.717, 1.165) is 19.4 Å². The number of likely N-dealkylation sites (tertiary alicyclic amines) is 1. The van der Waals surface area contributed by atoms with Crippen LogP contribution in [0.15, 0.2) is 59.5 Å². The predicted octanol–water partition coefficient (Wildman–Crippen LogP) is 2.89. The standard InChI is InChI=1S/C21H24N2O3S.ClH/c22-20-10-9-17-12-23(13-19(17)20)21(24)16-6-4-5-15(11-16)14-27(25,26)18-7-2-1-3-8-18;/h1-8,11,17,19-20H,9-10,12-14,22H2;1H. The van der Waals surface area contributed by atoms with Gasteiger partial charge in [0.15, 0.2) is 9.84 Å². The van der Waals surface area contributed by atoms with E-state index in [1.165, 1.54) is 0 Å². The molecule has 2 aromatic carbocycles. The highest BCUT2D eigenvalue weighted by molar-refractivity contribution is 7.90. The first-order valence-electron chi connectivity index (χ1n) is 9.35. The topological polar surface area (TPSA) is 80.5 Å². The van der Waals surface area contributed by atoms with Gasteiger partial charge in [-0.05, 0) is 54.5 Å². The smallest absolute Gasteiger partial charge is 0.253 e. The van der Waals surface area contributed by atoms with Gasteiger partial charge in [-0.15, -0.1) is 12.4 Å². The maximum atomic E-state index is 12.9. The van der Waals surface area contributed by atoms with Crippen molar-refractivity contribution in [2.24, 2.45) is 17.6 Å². The van der Waals surface area contributed by atoms with Crippen LogP contribution >= 0.6 is 12.4 Å². The van der Waals surface area contributed by atoms with E-state index < -0.39 is 9.84 Å². The number of benzene rings is 2. The molecule has 1 saturated heterocycles. The van der Waals surface area contributed by atoms with Gasteiger partial charge in [-0.2, -0.15) is 0 Å². The van der Waals surface area contributed by atoms with E-state index in [4.69, 9.17) is 5.73 Å². The highest BCUT2D eigenvalue weighted by Crippen LogP contribution is 2.37. The molecule has 150 valence electrons. The molecule has 0 bridgehead atoms. The molecule has 1 amide bonds. The van der Waals surface area contributed by atoms with E-state index in [1.807, 2.05) is 4.90 Å². The molecule has 1 aliphatic carbocycles. The van der Waals surface area contributed by atoms with Crippen LogP contribution in [0, 0.1) is 11.8 Å². The Morgan fingerprint density at radius 1 is 1.04 bits per heavy atom. The van der Waals surface area contributed by atoms with Crippen LogP contribution in [0.4, 0.5) is 0 Å². The van der Waals surface area contributed by atoms with E-state index >= 15 is 0 Å². The second-order valence-electron chi connectivity index (χ2n) is 7.65. The summed E-state index contributed by atoms with van der Waals surface area (Å²) in [5.74, 6) is 0.755. The van der Waals surface area contributed by atoms with Crippen LogP contribution in [0.3, 0.4) is 0 Å². The second kappa shape index (κ2) is 8.23. The van der Waals surface area contributed by atoms with Gasteiger partial charge in [0.05, 0.1) is 10.6 Å². The van der Waals surface area contributed by atoms with Crippen molar-refractivity contribution in [2.45, 2.75) is 29.5 Å². The first-order chi connectivity index (χ1) is 12.9. The third-order valence-electron chi connectivity index (χ3n) is 5.83. The molecule has 0 aromatic heterocycles. The van der Waals surface area contributed by atoms with Gasteiger partial charge >= 0.3 is 0 Å². The Kier molecular flexibility index (Phi) is 6.12. The predicted molar refractivity (Wildman–Crippen MR) is 111 cm³/mol. The number of amides is 1. The molecule has 1 heterocycles. The minimum Gasteiger partial charge on any atom is -0.338 e. The molecule has 28 heavy (non-hydrogen) atoms. The summed E-state index contributed by atoms with van der Waals surface area (Å²) in [6.07, 6.45) is 2.13. The van der Waals surface area contributed by atoms with Crippen LogP contribution in [0.2, 0.25) is 0 Å². The summed E-state index contributed by atoms with van der Waals surface area (Å²) in [5, 5.41) is 0. The van der Waals surface area contributed by atoms with Crippen LogP contribution in [0.1, 0.15) is 28.8 Å². The van der Waals surface area contributed by atoms with Gasteiger partial charge in [-0.3, -0.25) is 4.79 Å². The summed E-state index contributed by atoms with van der Waals surface area (Å²) in [4.78, 5) is 15.1. The Bertz CT molecular complexity index is 949. The summed E-state index contributed by atoms with van der Waals surface area (Å²) in [5.41, 5.74) is 7.34. The molecule has 5 nitrogen and oxygen atoms in total. The fraction of sp³-hybridized carbons (Fsp3) is 0.381. The number of nitrogens with two attached hydrogens (primary N) is 1. The normalized spacial score (nSPS) is 23.9. The van der Waals surface area contributed by atoms with Crippen molar-refractivity contribution >= 4 is 28.2 Å². The van der Waals surface area contributed by atoms with E-state index in [0.29, 0.717) is 34.4 Å². The molecule has 2 aromatic rings. The Morgan fingerprint density at radius 3 is 2.50 bits per heavy atom. The van der Waals surface area contributed by atoms with Crippen LogP contribution < -0.4 is 5.73 Å². The number of sulfone groups is 1. The van der Waals surface area contributed by atoms with E-state index in [-0.39, 0.29) is 30.1 Å². The van der Waals surface area contributed by atoms with Crippen molar-refractivity contribution in [3.63, 3.8) is 0 Å². The monoisotopic (exact) mass is 420 g/mol. The molecular weight excluding hydrogens is 396 g/mol. The number of carbonyl (C=O) groups excluding carboxylic acids is 1. The third-order valence-corrected chi connectivity index (χ3v) is 7.54. The van der Waals surface area contributed by atoms with E-state index in [2.05, 4.69) is 0 Å². The number of hydrogen-bond donors (Lipinski definition) is 1. The van der Waals surface area contributed by atoms with E-state index in [1.54, 1.807) is 54.6 Å².